The van der Waals surface area contributed by atoms with E-state index in [4.69, 9.17) is 19.0 Å². The third-order valence-electron chi connectivity index (χ3n) is 19.2. The highest BCUT2D eigenvalue weighted by atomic mass is 32.2. The van der Waals surface area contributed by atoms with Crippen LogP contribution in [0.4, 0.5) is 16.2 Å². The molecule has 0 saturated carbocycles. The van der Waals surface area contributed by atoms with E-state index < -0.39 is 79.1 Å². The van der Waals surface area contributed by atoms with Crippen LogP contribution in [0.15, 0.2) is 183 Å². The molecule has 7 aromatic carbocycles. The number of ether oxygens (including phenoxy) is 3. The minimum Gasteiger partial charge on any atom is -0.497 e. The molecule has 29 heteroatoms. The van der Waals surface area contributed by atoms with Crippen LogP contribution in [0.25, 0.3) is 32.7 Å². The number of allylic oxidation sites excluding steroid dienone is 6. The summed E-state index contributed by atoms with van der Waals surface area (Å²) in [7, 11) is -17.5. The number of sulfonamides is 1. The van der Waals surface area contributed by atoms with E-state index in [0.717, 1.165) is 45.2 Å². The summed E-state index contributed by atoms with van der Waals surface area (Å²) in [4.78, 5) is 49.1. The number of aryl methyl sites for hydroxylation is 1. The zero-order chi connectivity index (χ0) is 75.1. The third kappa shape index (κ3) is 17.5. The predicted molar refractivity (Wildman–Crippen MR) is 394 cm³/mol. The van der Waals surface area contributed by atoms with Crippen molar-refractivity contribution >= 4 is 97.0 Å². The molecule has 0 aromatic heterocycles. The number of aliphatic carboxylic acids is 1. The largest absolute Gasteiger partial charge is 0.497 e. The number of alkyl carbamates (subject to hydrolysis) is 1. The van der Waals surface area contributed by atoms with Gasteiger partial charge in [0.2, 0.25) is 11.6 Å². The second-order valence-electron chi connectivity index (χ2n) is 26.6. The van der Waals surface area contributed by atoms with Crippen molar-refractivity contribution in [1.29, 1.82) is 0 Å². The molecule has 0 radical (unpaired) electrons. The van der Waals surface area contributed by atoms with Crippen molar-refractivity contribution in [2.75, 3.05) is 84.2 Å². The molecule has 3 aliphatic rings. The number of anilines is 1. The van der Waals surface area contributed by atoms with E-state index in [2.05, 4.69) is 33.5 Å². The van der Waals surface area contributed by atoms with Gasteiger partial charge in [0, 0.05) is 92.1 Å². The first-order valence-corrected chi connectivity index (χ1v) is 39.8. The Bertz CT molecular complexity index is 5000. The van der Waals surface area contributed by atoms with Gasteiger partial charge in [-0.3, -0.25) is 33.0 Å². The first-order chi connectivity index (χ1) is 49.2. The zero-order valence-corrected chi connectivity index (χ0v) is 62.2. The van der Waals surface area contributed by atoms with Crippen molar-refractivity contribution in [3.63, 3.8) is 0 Å². The molecule has 1 atom stereocenters. The van der Waals surface area contributed by atoms with Crippen LogP contribution in [0.3, 0.4) is 0 Å². The second-order valence-corrected chi connectivity index (χ2v) is 32.7. The Morgan fingerprint density at radius 2 is 1.31 bits per heavy atom. The van der Waals surface area contributed by atoms with Gasteiger partial charge in [0.05, 0.1) is 47.0 Å². The van der Waals surface area contributed by atoms with Crippen LogP contribution in [0.1, 0.15) is 89.0 Å². The van der Waals surface area contributed by atoms with Gasteiger partial charge < -0.3 is 34.4 Å². The molecule has 1 saturated heterocycles. The van der Waals surface area contributed by atoms with Crippen LogP contribution in [0.5, 0.6) is 5.75 Å². The molecule has 3 aliphatic heterocycles. The molecule has 0 unspecified atom stereocenters. The Labute approximate surface area is 606 Å². The number of nitrogens with zero attached hydrogens (tertiary/aromatic N) is 5. The number of carbonyl (C=O) groups excluding carboxylic acids is 2. The van der Waals surface area contributed by atoms with Crippen molar-refractivity contribution in [2.45, 2.75) is 117 Å². The standard InChI is InChI=1S/C75H86N6O19S4/c1-8-79-63-33-31-59-51(2)46-57(102(88,89)90)47-61(59)70(63)74(3,4)67(79)20-14-10-15-21-68-75(5,6)71-62-48-58(103(91,92)93)49-66(104(94,95)96)60(62)32-34-64(71)80(68)37-17-11-16-22-69(82)78-40-38-77(39-41-78)42-43-98-44-45-100-81(65(72(83)84)35-36-76-73(85)99-50-52-18-12-9-13-19-52)101(86,87)56-29-25-54(26-30-56)53-23-27-55(97-7)28-24-53/h9-10,12-15,18-21,23-34,46-49,65H,8,11,16-17,22,35-45,50H2,1-7H3,(H4-,76,83,84,85,88,89,90,91,92,93,94,95,96)/p+1/t65-/m1/s1. The van der Waals surface area contributed by atoms with Crippen LogP contribution in [0.2, 0.25) is 0 Å². The second kappa shape index (κ2) is 32.3. The summed E-state index contributed by atoms with van der Waals surface area (Å²) in [5, 5.41) is 14.8. The lowest BCUT2D eigenvalue weighted by Crippen LogP contribution is -2.49. The van der Waals surface area contributed by atoms with E-state index in [1.165, 1.54) is 36.4 Å². The van der Waals surface area contributed by atoms with Crippen molar-refractivity contribution in [2.24, 2.45) is 0 Å². The van der Waals surface area contributed by atoms with Crippen molar-refractivity contribution < 1.29 is 90.4 Å². The maximum absolute atomic E-state index is 14.3. The SMILES string of the molecule is CC[N+]1=C(/C=C/C=C/C=C2\N(CCCCCC(=O)N3CCN(CCOCCON([C@H](CCNC(=O)OCc4ccccc4)C(=O)O)S(=O)(=O)c4ccc(-c5ccc(OC)cc5)cc4)CC3)c3ccc4c(S(=O)(=O)O)cc(S(=O)(=O)O)cc4c3C2(C)C)C(C)(C)c2c1ccc1c(C)cc(S(=O)(=O)O)cc21. The molecule has 3 heterocycles. The van der Waals surface area contributed by atoms with Gasteiger partial charge in [-0.05, 0) is 158 Å². The van der Waals surface area contributed by atoms with Gasteiger partial charge in [-0.2, -0.15) is 29.8 Å². The van der Waals surface area contributed by atoms with E-state index >= 15 is 0 Å². The van der Waals surface area contributed by atoms with E-state index in [0.29, 0.717) is 103 Å². The van der Waals surface area contributed by atoms with Gasteiger partial charge in [0.25, 0.3) is 40.4 Å². The van der Waals surface area contributed by atoms with Crippen molar-refractivity contribution in [1.82, 2.24) is 19.6 Å². The first kappa shape index (κ1) is 77.9. The first-order valence-electron chi connectivity index (χ1n) is 34.0. The fraction of sp³-hybridized carbons (Fsp3) is 0.360. The number of nitrogens with one attached hydrogen (secondary N) is 1. The molecule has 10 rings (SSSR count). The molecule has 0 bridgehead atoms. The summed E-state index contributed by atoms with van der Waals surface area (Å²) >= 11 is 0. The Morgan fingerprint density at radius 1 is 0.663 bits per heavy atom. The smallest absolute Gasteiger partial charge is 0.407 e. The average Bonchev–Trinajstić information content (AvgIpc) is 1.55. The minimum absolute atomic E-state index is 0.00817. The molecular formula is C75H87N6O19S4+. The van der Waals surface area contributed by atoms with E-state index in [9.17, 15) is 66.8 Å². The number of benzene rings is 7. The lowest BCUT2D eigenvalue weighted by atomic mass is 9.78. The molecule has 554 valence electrons. The summed E-state index contributed by atoms with van der Waals surface area (Å²) in [6.45, 7) is 14.8. The van der Waals surface area contributed by atoms with Crippen molar-refractivity contribution in [3.05, 3.63) is 186 Å². The monoisotopic (exact) mass is 1500 g/mol. The molecule has 0 aliphatic carbocycles. The van der Waals surface area contributed by atoms with Gasteiger partial charge in [0.15, 0.2) is 11.8 Å². The highest BCUT2D eigenvalue weighted by molar-refractivity contribution is 7.89. The fourth-order valence-electron chi connectivity index (χ4n) is 14.0. The van der Waals surface area contributed by atoms with E-state index in [1.807, 2.05) is 86.4 Å². The number of carboxylic acid groups (broad SMARTS) is 1. The Balaban J connectivity index is 0.752. The topological polar surface area (TPSA) is 334 Å². The van der Waals surface area contributed by atoms with Crippen LogP contribution >= 0.6 is 0 Å². The molecule has 25 nitrogen and oxygen atoms in total. The van der Waals surface area contributed by atoms with Gasteiger partial charge in [0.1, 0.15) is 23.8 Å². The summed E-state index contributed by atoms with van der Waals surface area (Å²) in [6, 6.07) is 32.3. The number of methoxy groups -OCH3 is 1. The molecular weight excluding hydrogens is 1420 g/mol. The molecule has 104 heavy (non-hydrogen) atoms. The van der Waals surface area contributed by atoms with Crippen LogP contribution < -0.4 is 15.0 Å². The van der Waals surface area contributed by atoms with Crippen LogP contribution in [-0.4, -0.2) is 180 Å². The van der Waals surface area contributed by atoms with Gasteiger partial charge in [-0.15, -0.1) is 0 Å². The number of hydrogen-bond donors (Lipinski definition) is 5. The highest BCUT2D eigenvalue weighted by Gasteiger charge is 2.46. The number of hydroxylamine groups is 1. The Kier molecular flexibility index (Phi) is 24.2. The van der Waals surface area contributed by atoms with Crippen molar-refractivity contribution in [3.8, 4) is 16.9 Å². The number of carbonyl (C=O) groups is 3. The van der Waals surface area contributed by atoms with Crippen LogP contribution in [-0.2, 0) is 81.7 Å². The van der Waals surface area contributed by atoms with Gasteiger partial charge >= 0.3 is 12.1 Å². The predicted octanol–water partition coefficient (Wildman–Crippen LogP) is 11.0. The number of fused-ring (bicyclic) bond motifs is 6. The molecule has 2 amide bonds. The number of hydrogen-bond acceptors (Lipinski definition) is 17. The normalized spacial score (nSPS) is 16.3. The number of unbranched alkanes of at least 4 members (excludes halogenated alkanes) is 2. The number of amides is 2. The van der Waals surface area contributed by atoms with Gasteiger partial charge in [-0.1, -0.05) is 104 Å². The maximum Gasteiger partial charge on any atom is 0.407 e. The third-order valence-corrected chi connectivity index (χ3v) is 23.5. The van der Waals surface area contributed by atoms with E-state index in [1.54, 1.807) is 68.6 Å². The molecule has 1 fully saturated rings. The minimum atomic E-state index is -5.00. The Morgan fingerprint density at radius 3 is 1.94 bits per heavy atom. The summed E-state index contributed by atoms with van der Waals surface area (Å²) in [6.07, 6.45) is 10.4. The lowest BCUT2D eigenvalue weighted by Gasteiger charge is -2.34. The number of rotatable bonds is 31. The highest BCUT2D eigenvalue weighted by Crippen LogP contribution is 2.52. The summed E-state index contributed by atoms with van der Waals surface area (Å²) in [5.41, 5.74) is 6.11. The summed E-state index contributed by atoms with van der Waals surface area (Å²) < 4.78 is 154. The van der Waals surface area contributed by atoms with Gasteiger partial charge in [-0.25, -0.2) is 13.2 Å². The quantitative estimate of drug-likeness (QED) is 0.00886. The lowest BCUT2D eigenvalue weighted by molar-refractivity contribution is -0.433. The maximum atomic E-state index is 14.3. The molecule has 7 aromatic rings. The Hall–Kier alpha value is -8.72. The zero-order valence-electron chi connectivity index (χ0n) is 58.9. The average molecular weight is 1500 g/mol. The molecule has 0 spiro atoms. The number of piperazine rings is 1. The summed E-state index contributed by atoms with van der Waals surface area (Å²) in [5.74, 6) is -0.888. The fourth-order valence-corrected chi connectivity index (χ4v) is 17.3. The van der Waals surface area contributed by atoms with Crippen LogP contribution in [0, 0.1) is 6.92 Å². The van der Waals surface area contributed by atoms with E-state index in [-0.39, 0.29) is 72.3 Å². The molecule has 5 N–H and O–H groups in total. The number of carboxylic acids is 1.